The first kappa shape index (κ1) is 11.3. The third-order valence-corrected chi connectivity index (χ3v) is 3.95. The molecule has 4 nitrogen and oxygen atoms in total. The second kappa shape index (κ2) is 4.80. The van der Waals surface area contributed by atoms with Crippen LogP contribution < -0.4 is 5.32 Å². The zero-order valence-corrected chi connectivity index (χ0v) is 10.3. The van der Waals surface area contributed by atoms with Crippen molar-refractivity contribution in [3.05, 3.63) is 24.2 Å². The zero-order chi connectivity index (χ0) is 11.7. The van der Waals surface area contributed by atoms with Crippen LogP contribution in [0.3, 0.4) is 0 Å². The van der Waals surface area contributed by atoms with Crippen LogP contribution in [-0.4, -0.2) is 43.8 Å². The maximum Gasteiger partial charge on any atom is 0.123 e. The summed E-state index contributed by atoms with van der Waals surface area (Å²) in [7, 11) is 1.96. The van der Waals surface area contributed by atoms with Crippen LogP contribution in [0.25, 0.3) is 0 Å². The fraction of sp³-hybridized carbons (Fsp3) is 0.692. The first-order chi connectivity index (χ1) is 8.38. The monoisotopic (exact) mass is 236 g/mol. The van der Waals surface area contributed by atoms with Crippen LogP contribution >= 0.6 is 0 Å². The van der Waals surface area contributed by atoms with Crippen LogP contribution in [0.2, 0.25) is 0 Å². The average molecular weight is 236 g/mol. The van der Waals surface area contributed by atoms with Crippen molar-refractivity contribution >= 4 is 0 Å². The van der Waals surface area contributed by atoms with Gasteiger partial charge in [0.05, 0.1) is 25.0 Å². The standard InChI is InChI=1S/C13H20N2O2/c1-14-13(11-5-3-7-16-11)12-8-15-6-2-4-10(15)9-17-12/h3,5,7,10,12-14H,2,4,6,8-9H2,1H3. The lowest BCUT2D eigenvalue weighted by Crippen LogP contribution is -2.50. The van der Waals surface area contributed by atoms with Crippen molar-refractivity contribution in [3.63, 3.8) is 0 Å². The van der Waals surface area contributed by atoms with Crippen molar-refractivity contribution in [1.82, 2.24) is 10.2 Å². The van der Waals surface area contributed by atoms with E-state index in [1.54, 1.807) is 6.26 Å². The third kappa shape index (κ3) is 2.12. The SMILES string of the molecule is CNC(c1ccco1)C1CN2CCCC2CO1. The number of nitrogens with zero attached hydrogens (tertiary/aromatic N) is 1. The van der Waals surface area contributed by atoms with Gasteiger partial charge in [0, 0.05) is 12.6 Å². The van der Waals surface area contributed by atoms with Gasteiger partial charge in [-0.15, -0.1) is 0 Å². The summed E-state index contributed by atoms with van der Waals surface area (Å²) in [5.74, 6) is 0.968. The Labute approximate surface area is 102 Å². The molecule has 2 aliphatic heterocycles. The van der Waals surface area contributed by atoms with E-state index < -0.39 is 0 Å². The van der Waals surface area contributed by atoms with E-state index in [9.17, 15) is 0 Å². The van der Waals surface area contributed by atoms with Crippen molar-refractivity contribution in [1.29, 1.82) is 0 Å². The fourth-order valence-electron chi connectivity index (χ4n) is 3.02. The van der Waals surface area contributed by atoms with Gasteiger partial charge >= 0.3 is 0 Å². The molecule has 2 aliphatic rings. The van der Waals surface area contributed by atoms with Gasteiger partial charge in [-0.2, -0.15) is 0 Å². The van der Waals surface area contributed by atoms with Crippen molar-refractivity contribution < 1.29 is 9.15 Å². The number of likely N-dealkylation sites (N-methyl/N-ethyl adjacent to an activating group) is 1. The highest BCUT2D eigenvalue weighted by atomic mass is 16.5. The highest BCUT2D eigenvalue weighted by Gasteiger charge is 2.36. The molecule has 3 atom stereocenters. The van der Waals surface area contributed by atoms with E-state index in [1.165, 1.54) is 19.4 Å². The Morgan fingerprint density at radius 3 is 3.24 bits per heavy atom. The fourth-order valence-corrected chi connectivity index (χ4v) is 3.02. The molecule has 2 fully saturated rings. The molecular formula is C13H20N2O2. The minimum Gasteiger partial charge on any atom is -0.468 e. The highest BCUT2D eigenvalue weighted by molar-refractivity contribution is 5.07. The summed E-state index contributed by atoms with van der Waals surface area (Å²) < 4.78 is 11.5. The summed E-state index contributed by atoms with van der Waals surface area (Å²) in [6.45, 7) is 3.10. The molecule has 0 aromatic carbocycles. The number of nitrogens with one attached hydrogen (secondary N) is 1. The molecule has 1 aromatic rings. The molecular weight excluding hydrogens is 216 g/mol. The molecule has 3 rings (SSSR count). The zero-order valence-electron chi connectivity index (χ0n) is 10.3. The molecule has 0 spiro atoms. The molecule has 1 N–H and O–H groups in total. The van der Waals surface area contributed by atoms with Gasteiger partial charge in [-0.3, -0.25) is 4.90 Å². The number of morpholine rings is 1. The van der Waals surface area contributed by atoms with E-state index in [-0.39, 0.29) is 12.1 Å². The maximum atomic E-state index is 6.00. The molecule has 0 saturated carbocycles. The maximum absolute atomic E-state index is 6.00. The number of hydrogen-bond donors (Lipinski definition) is 1. The van der Waals surface area contributed by atoms with E-state index in [0.717, 1.165) is 18.9 Å². The van der Waals surface area contributed by atoms with Crippen molar-refractivity contribution in [2.24, 2.45) is 0 Å². The van der Waals surface area contributed by atoms with E-state index in [0.29, 0.717) is 6.04 Å². The second-order valence-corrected chi connectivity index (χ2v) is 4.94. The van der Waals surface area contributed by atoms with Crippen LogP contribution in [0, 0.1) is 0 Å². The lowest BCUT2D eigenvalue weighted by molar-refractivity contribution is -0.0670. The van der Waals surface area contributed by atoms with Gasteiger partial charge in [-0.1, -0.05) is 0 Å². The van der Waals surface area contributed by atoms with Gasteiger partial charge in [0.2, 0.25) is 0 Å². The highest BCUT2D eigenvalue weighted by Crippen LogP contribution is 2.28. The topological polar surface area (TPSA) is 37.6 Å². The van der Waals surface area contributed by atoms with Gasteiger partial charge in [-0.05, 0) is 38.6 Å². The molecule has 0 bridgehead atoms. The molecule has 2 saturated heterocycles. The number of hydrogen-bond acceptors (Lipinski definition) is 4. The van der Waals surface area contributed by atoms with E-state index in [2.05, 4.69) is 10.2 Å². The Morgan fingerprint density at radius 2 is 2.47 bits per heavy atom. The third-order valence-electron chi connectivity index (χ3n) is 3.95. The first-order valence-electron chi connectivity index (χ1n) is 6.45. The van der Waals surface area contributed by atoms with Crippen LogP contribution in [-0.2, 0) is 4.74 Å². The van der Waals surface area contributed by atoms with Crippen LogP contribution in [0.15, 0.2) is 22.8 Å². The smallest absolute Gasteiger partial charge is 0.123 e. The molecule has 0 radical (unpaired) electrons. The predicted octanol–water partition coefficient (Wildman–Crippen LogP) is 1.40. The summed E-state index contributed by atoms with van der Waals surface area (Å²) >= 11 is 0. The molecule has 0 amide bonds. The van der Waals surface area contributed by atoms with Gasteiger partial charge in [0.25, 0.3) is 0 Å². The Kier molecular flexibility index (Phi) is 3.18. The van der Waals surface area contributed by atoms with Crippen LogP contribution in [0.5, 0.6) is 0 Å². The summed E-state index contributed by atoms with van der Waals surface area (Å²) in [5.41, 5.74) is 0. The lowest BCUT2D eigenvalue weighted by atomic mass is 10.1. The summed E-state index contributed by atoms with van der Waals surface area (Å²) in [4.78, 5) is 2.56. The minimum atomic E-state index is 0.159. The molecule has 1 aromatic heterocycles. The van der Waals surface area contributed by atoms with Crippen LogP contribution in [0.1, 0.15) is 24.6 Å². The molecule has 94 valence electrons. The van der Waals surface area contributed by atoms with Crippen molar-refractivity contribution in [2.75, 3.05) is 26.7 Å². The van der Waals surface area contributed by atoms with E-state index >= 15 is 0 Å². The van der Waals surface area contributed by atoms with Gasteiger partial charge in [0.1, 0.15) is 5.76 Å². The van der Waals surface area contributed by atoms with Gasteiger partial charge in [-0.25, -0.2) is 0 Å². The number of fused-ring (bicyclic) bond motifs is 1. The minimum absolute atomic E-state index is 0.159. The second-order valence-electron chi connectivity index (χ2n) is 4.94. The predicted molar refractivity (Wildman–Crippen MR) is 64.8 cm³/mol. The molecule has 17 heavy (non-hydrogen) atoms. The summed E-state index contributed by atoms with van der Waals surface area (Å²) in [6.07, 6.45) is 4.52. The quantitative estimate of drug-likeness (QED) is 0.861. The summed E-state index contributed by atoms with van der Waals surface area (Å²) in [5, 5.41) is 3.31. The Balaban J connectivity index is 1.71. The molecule has 4 heteroatoms. The van der Waals surface area contributed by atoms with Gasteiger partial charge in [0.15, 0.2) is 0 Å². The summed E-state index contributed by atoms with van der Waals surface area (Å²) in [6, 6.07) is 4.76. The van der Waals surface area contributed by atoms with Crippen LogP contribution in [0.4, 0.5) is 0 Å². The number of furan rings is 1. The van der Waals surface area contributed by atoms with Gasteiger partial charge < -0.3 is 14.5 Å². The number of rotatable bonds is 3. The van der Waals surface area contributed by atoms with Crippen molar-refractivity contribution in [2.45, 2.75) is 31.0 Å². The lowest BCUT2D eigenvalue weighted by Gasteiger charge is -2.38. The first-order valence-corrected chi connectivity index (χ1v) is 6.45. The normalized spacial score (nSPS) is 31.4. The Hall–Kier alpha value is -0.840. The van der Waals surface area contributed by atoms with E-state index in [1.807, 2.05) is 19.2 Å². The Bertz CT molecular complexity index is 352. The largest absolute Gasteiger partial charge is 0.468 e. The van der Waals surface area contributed by atoms with Crippen molar-refractivity contribution in [3.8, 4) is 0 Å². The molecule has 3 heterocycles. The average Bonchev–Trinajstić information content (AvgIpc) is 2.99. The number of ether oxygens (including phenoxy) is 1. The molecule has 3 unspecified atom stereocenters. The van der Waals surface area contributed by atoms with E-state index in [4.69, 9.17) is 9.15 Å². The molecule has 0 aliphatic carbocycles. The Morgan fingerprint density at radius 1 is 1.53 bits per heavy atom.